The van der Waals surface area contributed by atoms with Crippen LogP contribution in [0.25, 0.3) is 10.9 Å². The Hall–Kier alpha value is -3.94. The lowest BCUT2D eigenvalue weighted by Crippen LogP contribution is -2.48. The monoisotopic (exact) mass is 376 g/mol. The first-order chi connectivity index (χ1) is 13.4. The molecule has 0 spiro atoms. The van der Waals surface area contributed by atoms with Crippen molar-refractivity contribution in [3.05, 3.63) is 82.1 Å². The molecule has 1 saturated heterocycles. The van der Waals surface area contributed by atoms with Crippen LogP contribution in [0, 0.1) is 0 Å². The van der Waals surface area contributed by atoms with Crippen LogP contribution in [0.5, 0.6) is 0 Å². The van der Waals surface area contributed by atoms with Crippen LogP contribution in [0.2, 0.25) is 0 Å². The maximum Gasteiger partial charge on any atom is 0.344 e. The number of urea groups is 1. The van der Waals surface area contributed by atoms with E-state index >= 15 is 0 Å². The van der Waals surface area contributed by atoms with Crippen molar-refractivity contribution in [2.24, 2.45) is 0 Å². The minimum atomic E-state index is -1.32. The van der Waals surface area contributed by atoms with Crippen molar-refractivity contribution < 1.29 is 14.4 Å². The number of aromatic amines is 1. The fourth-order valence-corrected chi connectivity index (χ4v) is 3.21. The number of carbonyl (C=O) groups is 3. The van der Waals surface area contributed by atoms with E-state index < -0.39 is 28.8 Å². The molecule has 3 aromatic rings. The Balaban J connectivity index is 1.64. The van der Waals surface area contributed by atoms with Crippen molar-refractivity contribution in [3.8, 4) is 0 Å². The van der Waals surface area contributed by atoms with Crippen LogP contribution < -0.4 is 16.2 Å². The number of hydrogen-bond acceptors (Lipinski definition) is 4. The van der Waals surface area contributed by atoms with Gasteiger partial charge < -0.3 is 10.3 Å². The summed E-state index contributed by atoms with van der Waals surface area (Å²) in [7, 11) is 0. The summed E-state index contributed by atoms with van der Waals surface area (Å²) >= 11 is 0. The number of para-hydroxylation sites is 1. The van der Waals surface area contributed by atoms with Crippen molar-refractivity contribution in [2.75, 3.05) is 0 Å². The van der Waals surface area contributed by atoms with Crippen molar-refractivity contribution in [1.82, 2.24) is 20.7 Å². The average Bonchev–Trinajstić information content (AvgIpc) is 2.93. The molecule has 2 heterocycles. The molecule has 1 fully saturated rings. The second-order valence-corrected chi connectivity index (χ2v) is 6.58. The van der Waals surface area contributed by atoms with E-state index in [1.807, 2.05) is 0 Å². The van der Waals surface area contributed by atoms with Gasteiger partial charge in [0, 0.05) is 17.1 Å². The zero-order valence-electron chi connectivity index (χ0n) is 14.9. The summed E-state index contributed by atoms with van der Waals surface area (Å²) in [6.07, 6.45) is 1.26. The third kappa shape index (κ3) is 2.62. The number of amides is 4. The van der Waals surface area contributed by atoms with Gasteiger partial charge in [0.15, 0.2) is 0 Å². The van der Waals surface area contributed by atoms with E-state index in [1.54, 1.807) is 61.5 Å². The summed E-state index contributed by atoms with van der Waals surface area (Å²) < 4.78 is 0. The van der Waals surface area contributed by atoms with E-state index in [0.717, 1.165) is 0 Å². The fraction of sp³-hybridized carbons (Fsp3) is 0.100. The lowest BCUT2D eigenvalue weighted by atomic mass is 9.92. The number of nitrogens with zero attached hydrogens (tertiary/aromatic N) is 1. The first kappa shape index (κ1) is 17.5. The zero-order valence-corrected chi connectivity index (χ0v) is 14.9. The van der Waals surface area contributed by atoms with Crippen LogP contribution in [0.15, 0.2) is 65.6 Å². The summed E-state index contributed by atoms with van der Waals surface area (Å²) in [4.78, 5) is 53.2. The molecular formula is C20H16N4O4. The SMILES string of the molecule is CC1(c2ccccc2)NC(=O)N(NC(=O)c2c[nH]c3ccccc3c2=O)C1=O. The van der Waals surface area contributed by atoms with Gasteiger partial charge in [0.2, 0.25) is 5.43 Å². The quantitative estimate of drug-likeness (QED) is 0.603. The molecule has 28 heavy (non-hydrogen) atoms. The van der Waals surface area contributed by atoms with Crippen LogP contribution in [-0.2, 0) is 10.3 Å². The smallest absolute Gasteiger partial charge is 0.344 e. The lowest BCUT2D eigenvalue weighted by Gasteiger charge is -2.22. The minimum absolute atomic E-state index is 0.201. The topological polar surface area (TPSA) is 111 Å². The van der Waals surface area contributed by atoms with Crippen molar-refractivity contribution >= 4 is 28.7 Å². The van der Waals surface area contributed by atoms with Gasteiger partial charge in [-0.1, -0.05) is 42.5 Å². The van der Waals surface area contributed by atoms with E-state index in [9.17, 15) is 19.2 Å². The Labute approximate surface area is 159 Å². The van der Waals surface area contributed by atoms with Gasteiger partial charge >= 0.3 is 6.03 Å². The number of hydrazine groups is 1. The van der Waals surface area contributed by atoms with Gasteiger partial charge in [-0.3, -0.25) is 19.8 Å². The summed E-state index contributed by atoms with van der Waals surface area (Å²) in [5, 5.41) is 3.52. The molecule has 3 N–H and O–H groups in total. The molecule has 1 unspecified atom stereocenters. The first-order valence-electron chi connectivity index (χ1n) is 8.55. The van der Waals surface area contributed by atoms with Crippen molar-refractivity contribution in [2.45, 2.75) is 12.5 Å². The third-order valence-corrected chi connectivity index (χ3v) is 4.79. The molecule has 0 bridgehead atoms. The van der Waals surface area contributed by atoms with E-state index in [-0.39, 0.29) is 5.56 Å². The van der Waals surface area contributed by atoms with Gasteiger partial charge in [0.25, 0.3) is 11.8 Å². The van der Waals surface area contributed by atoms with E-state index in [4.69, 9.17) is 0 Å². The molecule has 4 rings (SSSR count). The Morgan fingerprint density at radius 3 is 2.43 bits per heavy atom. The number of nitrogens with one attached hydrogen (secondary N) is 3. The Bertz CT molecular complexity index is 1170. The standard InChI is InChI=1S/C20H16N4O4/c1-20(12-7-3-2-4-8-12)18(27)24(19(28)22-20)23-17(26)14-11-21-15-10-6-5-9-13(15)16(14)25/h2-11H,1H3,(H,21,25)(H,22,28)(H,23,26). The number of hydrogen-bond donors (Lipinski definition) is 3. The van der Waals surface area contributed by atoms with Crippen LogP contribution in [0.4, 0.5) is 4.79 Å². The highest BCUT2D eigenvalue weighted by molar-refractivity contribution is 6.09. The molecule has 8 heteroatoms. The Morgan fingerprint density at radius 2 is 1.68 bits per heavy atom. The molecule has 0 saturated carbocycles. The summed E-state index contributed by atoms with van der Waals surface area (Å²) in [6, 6.07) is 14.7. The number of benzene rings is 2. The normalized spacial score (nSPS) is 19.0. The molecule has 1 aromatic heterocycles. The minimum Gasteiger partial charge on any atom is -0.360 e. The lowest BCUT2D eigenvalue weighted by molar-refractivity contribution is -0.132. The van der Waals surface area contributed by atoms with Crippen molar-refractivity contribution in [3.63, 3.8) is 0 Å². The first-order valence-corrected chi connectivity index (χ1v) is 8.55. The molecule has 2 aromatic carbocycles. The fourth-order valence-electron chi connectivity index (χ4n) is 3.21. The van der Waals surface area contributed by atoms with E-state index in [1.165, 1.54) is 6.20 Å². The molecule has 140 valence electrons. The molecule has 1 aliphatic rings. The van der Waals surface area contributed by atoms with Crippen LogP contribution in [0.3, 0.4) is 0 Å². The van der Waals surface area contributed by atoms with Crippen LogP contribution in [-0.4, -0.2) is 27.8 Å². The molecular weight excluding hydrogens is 360 g/mol. The largest absolute Gasteiger partial charge is 0.360 e. The third-order valence-electron chi connectivity index (χ3n) is 4.79. The maximum absolute atomic E-state index is 12.8. The summed E-state index contributed by atoms with van der Waals surface area (Å²) in [5.74, 6) is -1.50. The highest BCUT2D eigenvalue weighted by atomic mass is 16.2. The second-order valence-electron chi connectivity index (χ2n) is 6.58. The number of pyridine rings is 1. The van der Waals surface area contributed by atoms with Gasteiger partial charge in [-0.2, -0.15) is 5.01 Å². The maximum atomic E-state index is 12.8. The van der Waals surface area contributed by atoms with Gasteiger partial charge in [0.05, 0.1) is 0 Å². The highest BCUT2D eigenvalue weighted by Gasteiger charge is 2.50. The number of imide groups is 1. The molecule has 8 nitrogen and oxygen atoms in total. The van der Waals surface area contributed by atoms with Crippen molar-refractivity contribution in [1.29, 1.82) is 0 Å². The highest BCUT2D eigenvalue weighted by Crippen LogP contribution is 2.27. The van der Waals surface area contributed by atoms with Gasteiger partial charge in [-0.15, -0.1) is 0 Å². The Morgan fingerprint density at radius 1 is 1.00 bits per heavy atom. The van der Waals surface area contributed by atoms with Gasteiger partial charge in [-0.05, 0) is 24.6 Å². The summed E-state index contributed by atoms with van der Waals surface area (Å²) in [5.41, 5.74) is 1.38. The Kier molecular flexibility index (Phi) is 3.96. The average molecular weight is 376 g/mol. The number of fused-ring (bicyclic) bond motifs is 1. The van der Waals surface area contributed by atoms with Gasteiger partial charge in [-0.25, -0.2) is 4.79 Å². The zero-order chi connectivity index (χ0) is 19.9. The van der Waals surface area contributed by atoms with Crippen LogP contribution >= 0.6 is 0 Å². The number of carbonyl (C=O) groups excluding carboxylic acids is 3. The summed E-state index contributed by atoms with van der Waals surface area (Å²) in [6.45, 7) is 1.55. The molecule has 0 radical (unpaired) electrons. The van der Waals surface area contributed by atoms with E-state index in [2.05, 4.69) is 15.7 Å². The number of rotatable bonds is 3. The predicted molar refractivity (Wildman–Crippen MR) is 101 cm³/mol. The van der Waals surface area contributed by atoms with Gasteiger partial charge in [0.1, 0.15) is 11.1 Å². The number of aromatic nitrogens is 1. The van der Waals surface area contributed by atoms with E-state index in [0.29, 0.717) is 21.5 Å². The molecule has 4 amide bonds. The molecule has 1 aliphatic heterocycles. The predicted octanol–water partition coefficient (Wildman–Crippen LogP) is 1.64. The van der Waals surface area contributed by atoms with Crippen LogP contribution in [0.1, 0.15) is 22.8 Å². The molecule has 0 aliphatic carbocycles. The molecule has 1 atom stereocenters. The number of H-pyrrole nitrogens is 1. The second kappa shape index (κ2) is 6.34.